The number of nitrogens with zero attached hydrogens (tertiary/aromatic N) is 1. The molecule has 2 unspecified atom stereocenters. The summed E-state index contributed by atoms with van der Waals surface area (Å²) in [6.07, 6.45) is 1.25. The Morgan fingerprint density at radius 3 is 2.86 bits per heavy atom. The highest BCUT2D eigenvalue weighted by Gasteiger charge is 2.37. The Morgan fingerprint density at radius 1 is 1.29 bits per heavy atom. The summed E-state index contributed by atoms with van der Waals surface area (Å²) in [6, 6.07) is 7.16. The second-order valence-electron chi connectivity index (χ2n) is 6.59. The molecule has 0 amide bonds. The van der Waals surface area contributed by atoms with Crippen molar-refractivity contribution in [1.82, 2.24) is 15.2 Å². The van der Waals surface area contributed by atoms with E-state index in [2.05, 4.69) is 28.2 Å². The second kappa shape index (κ2) is 4.68. The molecular formula is C17H21N3O. The quantitative estimate of drug-likeness (QED) is 0.882. The standard InChI is InChI=1S/C17H21N3O/c1-10-3-11(2)17-15(4-10)16(21)6-13(19-17)9-20-8-12-5-14(20)7-18-12/h3-4,6,12,14,18H,5,7-9H2,1-2H3,(H,19,21). The lowest BCUT2D eigenvalue weighted by Crippen LogP contribution is -2.43. The van der Waals surface area contributed by atoms with Gasteiger partial charge in [0.15, 0.2) is 5.43 Å². The smallest absolute Gasteiger partial charge is 0.189 e. The van der Waals surface area contributed by atoms with E-state index in [9.17, 15) is 4.79 Å². The van der Waals surface area contributed by atoms with Crippen LogP contribution in [0.1, 0.15) is 23.2 Å². The second-order valence-corrected chi connectivity index (χ2v) is 6.59. The highest BCUT2D eigenvalue weighted by Crippen LogP contribution is 2.25. The van der Waals surface area contributed by atoms with Crippen molar-refractivity contribution >= 4 is 10.9 Å². The van der Waals surface area contributed by atoms with Crippen molar-refractivity contribution in [3.63, 3.8) is 0 Å². The number of hydrogen-bond acceptors (Lipinski definition) is 3. The van der Waals surface area contributed by atoms with Gasteiger partial charge in [-0.3, -0.25) is 9.69 Å². The van der Waals surface area contributed by atoms with Crippen LogP contribution in [0.4, 0.5) is 0 Å². The Balaban J connectivity index is 1.72. The van der Waals surface area contributed by atoms with Crippen molar-refractivity contribution in [1.29, 1.82) is 0 Å². The van der Waals surface area contributed by atoms with Crippen LogP contribution in [-0.4, -0.2) is 35.1 Å². The zero-order chi connectivity index (χ0) is 14.6. The van der Waals surface area contributed by atoms with Gasteiger partial charge in [0.1, 0.15) is 0 Å². The molecule has 1 aromatic heterocycles. The molecule has 2 aliphatic rings. The molecule has 110 valence electrons. The molecule has 0 aliphatic carbocycles. The lowest BCUT2D eigenvalue weighted by atomic mass is 10.1. The van der Waals surface area contributed by atoms with Gasteiger partial charge in [0.2, 0.25) is 0 Å². The number of pyridine rings is 1. The number of fused-ring (bicyclic) bond motifs is 3. The van der Waals surface area contributed by atoms with Gasteiger partial charge in [-0.05, 0) is 37.5 Å². The van der Waals surface area contributed by atoms with Gasteiger partial charge in [-0.15, -0.1) is 0 Å². The van der Waals surface area contributed by atoms with E-state index in [1.807, 2.05) is 13.0 Å². The number of aryl methyl sites for hydroxylation is 2. The molecule has 3 heterocycles. The molecule has 4 heteroatoms. The van der Waals surface area contributed by atoms with E-state index < -0.39 is 0 Å². The number of rotatable bonds is 2. The minimum absolute atomic E-state index is 0.132. The van der Waals surface area contributed by atoms with Crippen molar-refractivity contribution < 1.29 is 0 Å². The van der Waals surface area contributed by atoms with Crippen molar-refractivity contribution in [2.24, 2.45) is 0 Å². The minimum atomic E-state index is 0.132. The highest BCUT2D eigenvalue weighted by atomic mass is 16.1. The molecule has 2 saturated heterocycles. The van der Waals surface area contributed by atoms with Gasteiger partial charge in [-0.1, -0.05) is 6.07 Å². The molecular weight excluding hydrogens is 262 g/mol. The number of likely N-dealkylation sites (tertiary alicyclic amines) is 1. The van der Waals surface area contributed by atoms with Crippen LogP contribution in [0, 0.1) is 13.8 Å². The topological polar surface area (TPSA) is 48.1 Å². The molecule has 0 spiro atoms. The van der Waals surface area contributed by atoms with Gasteiger partial charge < -0.3 is 10.3 Å². The van der Waals surface area contributed by atoms with E-state index in [-0.39, 0.29) is 5.43 Å². The maximum atomic E-state index is 12.4. The average molecular weight is 283 g/mol. The SMILES string of the molecule is Cc1cc(C)c2[nH]c(CN3CC4CC3CN4)cc(=O)c2c1. The van der Waals surface area contributed by atoms with Crippen LogP contribution >= 0.6 is 0 Å². The Bertz CT molecular complexity index is 764. The fraction of sp³-hybridized carbons (Fsp3) is 0.471. The van der Waals surface area contributed by atoms with Crippen LogP contribution in [0.25, 0.3) is 10.9 Å². The van der Waals surface area contributed by atoms with Gasteiger partial charge in [-0.2, -0.15) is 0 Å². The van der Waals surface area contributed by atoms with Gasteiger partial charge in [-0.25, -0.2) is 0 Å². The molecule has 2 aromatic rings. The Morgan fingerprint density at radius 2 is 2.14 bits per heavy atom. The summed E-state index contributed by atoms with van der Waals surface area (Å²) in [7, 11) is 0. The summed E-state index contributed by atoms with van der Waals surface area (Å²) in [4.78, 5) is 18.4. The first-order chi connectivity index (χ1) is 10.1. The number of aromatic amines is 1. The van der Waals surface area contributed by atoms with Crippen molar-refractivity contribution in [3.05, 3.63) is 45.2 Å². The van der Waals surface area contributed by atoms with Crippen LogP contribution in [0.5, 0.6) is 0 Å². The first-order valence-corrected chi connectivity index (χ1v) is 7.71. The lowest BCUT2D eigenvalue weighted by molar-refractivity contribution is 0.215. The van der Waals surface area contributed by atoms with Gasteiger partial charge in [0.05, 0.1) is 5.52 Å². The molecule has 2 atom stereocenters. The third kappa shape index (κ3) is 2.19. The molecule has 2 bridgehead atoms. The van der Waals surface area contributed by atoms with E-state index in [1.54, 1.807) is 6.07 Å². The van der Waals surface area contributed by atoms with Crippen LogP contribution < -0.4 is 10.7 Å². The van der Waals surface area contributed by atoms with Gasteiger partial charge in [0, 0.05) is 48.9 Å². The third-order valence-corrected chi connectivity index (χ3v) is 4.88. The first-order valence-electron chi connectivity index (χ1n) is 7.71. The summed E-state index contributed by atoms with van der Waals surface area (Å²) in [5.74, 6) is 0. The maximum absolute atomic E-state index is 12.4. The predicted molar refractivity (Wildman–Crippen MR) is 84.6 cm³/mol. The number of piperazine rings is 1. The van der Waals surface area contributed by atoms with Crippen LogP contribution in [0.2, 0.25) is 0 Å². The molecule has 0 radical (unpaired) electrons. The molecule has 0 saturated carbocycles. The fourth-order valence-corrected chi connectivity index (χ4v) is 3.91. The molecule has 4 rings (SSSR count). The molecule has 1 aromatic carbocycles. The van der Waals surface area contributed by atoms with E-state index in [0.29, 0.717) is 12.1 Å². The summed E-state index contributed by atoms with van der Waals surface area (Å²) in [6.45, 7) is 7.13. The highest BCUT2D eigenvalue weighted by molar-refractivity contribution is 5.82. The van der Waals surface area contributed by atoms with Crippen LogP contribution in [0.15, 0.2) is 23.0 Å². The normalized spacial score (nSPS) is 25.0. The number of nitrogens with one attached hydrogen (secondary N) is 2. The number of aromatic nitrogens is 1. The van der Waals surface area contributed by atoms with Crippen molar-refractivity contribution in [3.8, 4) is 0 Å². The fourth-order valence-electron chi connectivity index (χ4n) is 3.91. The number of benzene rings is 1. The molecule has 2 fully saturated rings. The third-order valence-electron chi connectivity index (χ3n) is 4.88. The van der Waals surface area contributed by atoms with Gasteiger partial charge >= 0.3 is 0 Å². The summed E-state index contributed by atoms with van der Waals surface area (Å²) in [5, 5.41) is 4.32. The van der Waals surface area contributed by atoms with Crippen LogP contribution in [-0.2, 0) is 6.54 Å². The van der Waals surface area contributed by atoms with E-state index in [0.717, 1.165) is 47.4 Å². The summed E-state index contributed by atoms with van der Waals surface area (Å²) in [5.41, 5.74) is 4.44. The maximum Gasteiger partial charge on any atom is 0.189 e. The average Bonchev–Trinajstić information content (AvgIpc) is 3.02. The summed E-state index contributed by atoms with van der Waals surface area (Å²) < 4.78 is 0. The van der Waals surface area contributed by atoms with Crippen molar-refractivity contribution in [2.45, 2.75) is 38.9 Å². The van der Waals surface area contributed by atoms with Crippen molar-refractivity contribution in [2.75, 3.05) is 13.1 Å². The van der Waals surface area contributed by atoms with E-state index in [1.165, 1.54) is 6.42 Å². The van der Waals surface area contributed by atoms with Crippen LogP contribution in [0.3, 0.4) is 0 Å². The Labute approximate surface area is 124 Å². The monoisotopic (exact) mass is 283 g/mol. The largest absolute Gasteiger partial charge is 0.357 e. The zero-order valence-corrected chi connectivity index (χ0v) is 12.6. The minimum Gasteiger partial charge on any atom is -0.357 e. The molecule has 2 aliphatic heterocycles. The van der Waals surface area contributed by atoms with E-state index >= 15 is 0 Å². The molecule has 21 heavy (non-hydrogen) atoms. The van der Waals surface area contributed by atoms with E-state index in [4.69, 9.17) is 0 Å². The Hall–Kier alpha value is -1.65. The summed E-state index contributed by atoms with van der Waals surface area (Å²) >= 11 is 0. The molecule has 2 N–H and O–H groups in total. The predicted octanol–water partition coefficient (Wildman–Crippen LogP) is 1.69. The lowest BCUT2D eigenvalue weighted by Gasteiger charge is -2.27. The first kappa shape index (κ1) is 13.0. The number of H-pyrrole nitrogens is 1. The van der Waals surface area contributed by atoms with Gasteiger partial charge in [0.25, 0.3) is 0 Å². The number of hydrogen-bond donors (Lipinski definition) is 2. The Kier molecular flexibility index (Phi) is 2.91. The molecule has 4 nitrogen and oxygen atoms in total. The zero-order valence-electron chi connectivity index (χ0n) is 12.6.